The van der Waals surface area contributed by atoms with E-state index in [1.165, 1.54) is 10.5 Å². The Kier molecular flexibility index (Phi) is 4.43. The summed E-state index contributed by atoms with van der Waals surface area (Å²) in [5, 5.41) is 4.80. The van der Waals surface area contributed by atoms with Gasteiger partial charge in [-0.1, -0.05) is 36.1 Å². The van der Waals surface area contributed by atoms with Crippen LogP contribution in [-0.4, -0.2) is 40.4 Å². The third kappa shape index (κ3) is 3.14. The van der Waals surface area contributed by atoms with Crippen LogP contribution in [0.2, 0.25) is 0 Å². The normalized spacial score (nSPS) is 13.9. The first-order valence-electron chi connectivity index (χ1n) is 6.46. The minimum absolute atomic E-state index is 0.347. The lowest BCUT2D eigenvalue weighted by Gasteiger charge is -2.08. The van der Waals surface area contributed by atoms with Crippen LogP contribution >= 0.6 is 24.5 Å². The van der Waals surface area contributed by atoms with E-state index in [0.717, 1.165) is 28.9 Å². The van der Waals surface area contributed by atoms with E-state index < -0.39 is 0 Å². The fourth-order valence-corrected chi connectivity index (χ4v) is 3.72. The number of anilines is 1. The molecular formula is C11H11BBrN8P. The van der Waals surface area contributed by atoms with Crippen molar-refractivity contribution in [1.29, 1.82) is 0 Å². The molecule has 0 saturated carbocycles. The summed E-state index contributed by atoms with van der Waals surface area (Å²) in [6, 6.07) is 0. The maximum atomic E-state index is 8.54. The van der Waals surface area contributed by atoms with Gasteiger partial charge in [-0.05, 0) is 11.4 Å². The van der Waals surface area contributed by atoms with Gasteiger partial charge >= 0.3 is 5.95 Å². The Morgan fingerprint density at radius 2 is 2.41 bits per heavy atom. The highest BCUT2D eigenvalue weighted by Gasteiger charge is 2.16. The SMILES string of the molecule is CN(N=[N+]=[N-])c1nc(PCC2=CC(Br)=CB2)c2[nH]cnc2n1. The monoisotopic (exact) mass is 376 g/mol. The van der Waals surface area contributed by atoms with Gasteiger partial charge in [0.2, 0.25) is 0 Å². The number of aromatic nitrogens is 4. The van der Waals surface area contributed by atoms with Crippen molar-refractivity contribution in [3.63, 3.8) is 0 Å². The van der Waals surface area contributed by atoms with E-state index in [0.29, 0.717) is 20.2 Å². The second-order valence-electron chi connectivity index (χ2n) is 4.63. The molecule has 2 aromatic rings. The van der Waals surface area contributed by atoms with Crippen LogP contribution in [0.5, 0.6) is 0 Å². The Morgan fingerprint density at radius 3 is 3.14 bits per heavy atom. The van der Waals surface area contributed by atoms with Gasteiger partial charge in [0.15, 0.2) is 12.9 Å². The van der Waals surface area contributed by atoms with Gasteiger partial charge in [-0.15, -0.1) is 11.5 Å². The van der Waals surface area contributed by atoms with E-state index in [1.807, 2.05) is 0 Å². The van der Waals surface area contributed by atoms with Crippen molar-refractivity contribution < 1.29 is 0 Å². The quantitative estimate of drug-likeness (QED) is 0.215. The van der Waals surface area contributed by atoms with Gasteiger partial charge in [-0.25, -0.2) is 4.98 Å². The van der Waals surface area contributed by atoms with Crippen LogP contribution in [0.1, 0.15) is 0 Å². The van der Waals surface area contributed by atoms with Crippen molar-refractivity contribution in [2.45, 2.75) is 0 Å². The van der Waals surface area contributed by atoms with Crippen molar-refractivity contribution in [3.8, 4) is 0 Å². The Morgan fingerprint density at radius 1 is 1.55 bits per heavy atom. The molecule has 1 N–H and O–H groups in total. The lowest BCUT2D eigenvalue weighted by atomic mass is 9.74. The van der Waals surface area contributed by atoms with Crippen molar-refractivity contribution in [2.75, 3.05) is 18.2 Å². The minimum Gasteiger partial charge on any atom is -0.341 e. The maximum Gasteiger partial charge on any atom is 0.326 e. The van der Waals surface area contributed by atoms with Gasteiger partial charge in [0.05, 0.1) is 18.8 Å². The van der Waals surface area contributed by atoms with Gasteiger partial charge in [-0.3, -0.25) is 0 Å². The second kappa shape index (κ2) is 6.48. The van der Waals surface area contributed by atoms with Crippen molar-refractivity contribution in [3.05, 3.63) is 38.8 Å². The zero-order valence-electron chi connectivity index (χ0n) is 11.7. The number of aromatic amines is 1. The van der Waals surface area contributed by atoms with E-state index in [1.54, 1.807) is 13.4 Å². The van der Waals surface area contributed by atoms with E-state index >= 15 is 0 Å². The Balaban J connectivity index is 1.88. The lowest BCUT2D eigenvalue weighted by Crippen LogP contribution is -2.17. The second-order valence-corrected chi connectivity index (χ2v) is 6.72. The predicted octanol–water partition coefficient (Wildman–Crippen LogP) is 1.89. The largest absolute Gasteiger partial charge is 0.341 e. The molecule has 0 fully saturated rings. The molecular weight excluding hydrogens is 366 g/mol. The number of H-pyrrole nitrogens is 1. The van der Waals surface area contributed by atoms with Crippen molar-refractivity contribution >= 4 is 54.3 Å². The van der Waals surface area contributed by atoms with Crippen LogP contribution in [0.25, 0.3) is 21.6 Å². The van der Waals surface area contributed by atoms with Crippen LogP contribution in [-0.2, 0) is 0 Å². The molecule has 0 saturated heterocycles. The molecule has 1 atom stereocenters. The van der Waals surface area contributed by atoms with Crippen molar-refractivity contribution in [1.82, 2.24) is 19.9 Å². The summed E-state index contributed by atoms with van der Waals surface area (Å²) in [6.45, 7) is 0. The summed E-state index contributed by atoms with van der Waals surface area (Å²) in [5.74, 6) is 2.49. The van der Waals surface area contributed by atoms with Crippen LogP contribution in [0.3, 0.4) is 0 Å². The summed E-state index contributed by atoms with van der Waals surface area (Å²) >= 11 is 3.48. The van der Waals surface area contributed by atoms with E-state index in [9.17, 15) is 0 Å². The molecule has 0 radical (unpaired) electrons. The summed E-state index contributed by atoms with van der Waals surface area (Å²) in [7, 11) is 3.06. The van der Waals surface area contributed by atoms with Crippen LogP contribution in [0.4, 0.5) is 5.95 Å². The molecule has 0 bridgehead atoms. The smallest absolute Gasteiger partial charge is 0.326 e. The van der Waals surface area contributed by atoms with E-state index in [4.69, 9.17) is 5.53 Å². The molecule has 0 spiro atoms. The molecule has 1 unspecified atom stereocenters. The molecule has 11 heteroatoms. The fourth-order valence-electron chi connectivity index (χ4n) is 2.06. The molecule has 0 aliphatic carbocycles. The number of nitrogens with zero attached hydrogens (tertiary/aromatic N) is 7. The van der Waals surface area contributed by atoms with Crippen LogP contribution in [0.15, 0.2) is 33.6 Å². The van der Waals surface area contributed by atoms with Crippen LogP contribution in [0, 0.1) is 0 Å². The highest BCUT2D eigenvalue weighted by Crippen LogP contribution is 2.24. The first-order valence-corrected chi connectivity index (χ1v) is 8.46. The number of azide groups is 1. The molecule has 0 aromatic carbocycles. The molecule has 0 amide bonds. The molecule has 110 valence electrons. The van der Waals surface area contributed by atoms with Crippen LogP contribution < -0.4 is 10.4 Å². The molecule has 8 nitrogen and oxygen atoms in total. The first kappa shape index (κ1) is 15.0. The number of hydrogen-bond donors (Lipinski definition) is 1. The molecule has 22 heavy (non-hydrogen) atoms. The number of halogens is 1. The van der Waals surface area contributed by atoms with Gasteiger partial charge in [0.1, 0.15) is 5.52 Å². The Bertz CT molecular complexity index is 825. The Labute approximate surface area is 136 Å². The van der Waals surface area contributed by atoms with E-state index in [-0.39, 0.29) is 0 Å². The van der Waals surface area contributed by atoms with E-state index in [2.05, 4.69) is 58.1 Å². The maximum absolute atomic E-state index is 8.54. The fraction of sp³-hybridized carbons (Fsp3) is 0.182. The molecule has 1 aliphatic rings. The number of imidazole rings is 1. The number of rotatable bonds is 5. The summed E-state index contributed by atoms with van der Waals surface area (Å²) in [4.78, 5) is 18.8. The predicted molar refractivity (Wildman–Crippen MR) is 94.3 cm³/mol. The number of nitrogens with one attached hydrogen (secondary N) is 1. The molecule has 3 heterocycles. The zero-order chi connectivity index (χ0) is 15.5. The minimum atomic E-state index is 0.347. The number of hydrogen-bond acceptors (Lipinski definition) is 4. The molecule has 1 aliphatic heterocycles. The number of allylic oxidation sites excluding steroid dienone is 3. The van der Waals surface area contributed by atoms with Gasteiger partial charge < -0.3 is 4.98 Å². The average Bonchev–Trinajstić information content (AvgIpc) is 3.13. The van der Waals surface area contributed by atoms with Gasteiger partial charge in [0, 0.05) is 4.48 Å². The zero-order valence-corrected chi connectivity index (χ0v) is 14.2. The highest BCUT2D eigenvalue weighted by atomic mass is 79.9. The standard InChI is InChI=1S/C11H11BBrN8P/c1-21(20-19-14)11-17-9-8(15-5-16-9)10(18-11)22-4-6-2-7(13)3-12-6/h2-3,5,12,22H,4H2,1H3,(H,15,16,17,18). The first-order chi connectivity index (χ1) is 10.7. The Hall–Kier alpha value is -1.89. The molecule has 2 aromatic heterocycles. The average molecular weight is 377 g/mol. The third-order valence-corrected chi connectivity index (χ3v) is 5.00. The summed E-state index contributed by atoms with van der Waals surface area (Å²) in [5.41, 5.74) is 12.2. The van der Waals surface area contributed by atoms with Gasteiger partial charge in [0.25, 0.3) is 0 Å². The third-order valence-electron chi connectivity index (χ3n) is 3.12. The number of fused-ring (bicyclic) bond motifs is 1. The van der Waals surface area contributed by atoms with Crippen molar-refractivity contribution in [2.24, 2.45) is 5.22 Å². The van der Waals surface area contributed by atoms with Gasteiger partial charge in [-0.2, -0.15) is 19.9 Å². The topological polar surface area (TPSA) is 106 Å². The summed E-state index contributed by atoms with van der Waals surface area (Å²) in [6.07, 6.45) is 4.67. The highest BCUT2D eigenvalue weighted by molar-refractivity contribution is 9.12. The summed E-state index contributed by atoms with van der Waals surface area (Å²) < 4.78 is 1.13. The lowest BCUT2D eigenvalue weighted by molar-refractivity contribution is 0.931. The molecule has 3 rings (SSSR count).